The zero-order valence-electron chi connectivity index (χ0n) is 19.6. The number of rotatable bonds is 9. The van der Waals surface area contributed by atoms with Crippen molar-refractivity contribution in [1.29, 1.82) is 0 Å². The maximum atomic E-state index is 12.9. The fourth-order valence-corrected chi connectivity index (χ4v) is 3.68. The Morgan fingerprint density at radius 2 is 2.15 bits per heavy atom. The van der Waals surface area contributed by atoms with E-state index in [2.05, 4.69) is 21.9 Å². The number of nitrogens with zero attached hydrogens (tertiary/aromatic N) is 3. The van der Waals surface area contributed by atoms with Gasteiger partial charge in [0.1, 0.15) is 11.7 Å². The van der Waals surface area contributed by atoms with Crippen molar-refractivity contribution >= 4 is 23.8 Å². The van der Waals surface area contributed by atoms with E-state index in [1.165, 1.54) is 0 Å². The van der Waals surface area contributed by atoms with Crippen molar-refractivity contribution in [2.45, 2.75) is 39.0 Å². The number of methoxy groups -OCH3 is 1. The third-order valence-corrected chi connectivity index (χ3v) is 5.37. The van der Waals surface area contributed by atoms with Crippen LogP contribution in [0.5, 0.6) is 5.75 Å². The van der Waals surface area contributed by atoms with Crippen LogP contribution in [0.3, 0.4) is 0 Å². The topological polar surface area (TPSA) is 87.7 Å². The highest BCUT2D eigenvalue weighted by atomic mass is 16.5. The minimum atomic E-state index is -0.184. The summed E-state index contributed by atoms with van der Waals surface area (Å²) in [6.07, 6.45) is 11.0. The molecule has 0 unspecified atom stereocenters. The summed E-state index contributed by atoms with van der Waals surface area (Å²) in [7, 11) is 5.32. The van der Waals surface area contributed by atoms with Crippen LogP contribution in [0.2, 0.25) is 0 Å². The number of ether oxygens (including phenoxy) is 1. The first-order valence-corrected chi connectivity index (χ1v) is 11.1. The molecule has 0 fully saturated rings. The summed E-state index contributed by atoms with van der Waals surface area (Å²) in [5.41, 5.74) is 4.37. The maximum absolute atomic E-state index is 12.9. The number of unbranched alkanes of at least 4 members (excludes halogenated alkanes) is 1. The van der Waals surface area contributed by atoms with E-state index in [4.69, 9.17) is 4.74 Å². The zero-order valence-corrected chi connectivity index (χ0v) is 19.6. The highest BCUT2D eigenvalue weighted by molar-refractivity contribution is 5.91. The number of aryl methyl sites for hydroxylation is 1. The fraction of sp³-hybridized carbons (Fsp3) is 0.346. The molecule has 3 rings (SSSR count). The van der Waals surface area contributed by atoms with Crippen LogP contribution >= 0.6 is 0 Å². The number of aliphatic imine (C=N–C) groups is 1. The van der Waals surface area contributed by atoms with Gasteiger partial charge in [-0.1, -0.05) is 43.7 Å². The molecule has 0 aliphatic heterocycles. The molecule has 7 heteroatoms. The summed E-state index contributed by atoms with van der Waals surface area (Å²) in [6.45, 7) is 2.11. The molecular weight excluding hydrogens is 416 g/mol. The van der Waals surface area contributed by atoms with Gasteiger partial charge in [0, 0.05) is 43.6 Å². The Labute approximate surface area is 194 Å². The van der Waals surface area contributed by atoms with Gasteiger partial charge in [0.15, 0.2) is 0 Å². The van der Waals surface area contributed by atoms with Gasteiger partial charge in [-0.2, -0.15) is 0 Å². The monoisotopic (exact) mass is 446 g/mol. The van der Waals surface area contributed by atoms with Gasteiger partial charge in [-0.25, -0.2) is 14.8 Å². The standard InChI is InChI=1S/C26H30N4O3/c1-5-6-11-23-22(25(32)29-26(28-23)27-17-30(2)3)14-18-12-13-21(24(15-18)33-4)20-10-8-7-9-19(20)16-31/h7-8,10,12-13,15,17H,5-6,9,11,14H2,1-4H3,(H,28,29,32). The molecule has 2 aromatic rings. The summed E-state index contributed by atoms with van der Waals surface area (Å²) in [4.78, 5) is 37.8. The first-order valence-electron chi connectivity index (χ1n) is 11.1. The first kappa shape index (κ1) is 24.0. The van der Waals surface area contributed by atoms with Crippen LogP contribution in [0.15, 0.2) is 51.8 Å². The molecule has 1 N–H and O–H groups in total. The maximum Gasteiger partial charge on any atom is 0.256 e. The van der Waals surface area contributed by atoms with E-state index >= 15 is 0 Å². The second kappa shape index (κ2) is 11.2. The van der Waals surface area contributed by atoms with Crippen LogP contribution in [0.4, 0.5) is 5.95 Å². The van der Waals surface area contributed by atoms with Gasteiger partial charge >= 0.3 is 0 Å². The smallest absolute Gasteiger partial charge is 0.256 e. The van der Waals surface area contributed by atoms with Gasteiger partial charge in [-0.3, -0.25) is 9.78 Å². The Bertz CT molecular complexity index is 1200. The van der Waals surface area contributed by atoms with Crippen molar-refractivity contribution in [3.8, 4) is 5.75 Å². The van der Waals surface area contributed by atoms with Gasteiger partial charge in [0.25, 0.3) is 5.56 Å². The summed E-state index contributed by atoms with van der Waals surface area (Å²) in [6, 6.07) is 5.80. The Hall–Kier alpha value is -3.70. The highest BCUT2D eigenvalue weighted by Crippen LogP contribution is 2.34. The first-order chi connectivity index (χ1) is 16.0. The van der Waals surface area contributed by atoms with E-state index in [1.807, 2.05) is 56.5 Å². The molecule has 1 aliphatic carbocycles. The minimum absolute atomic E-state index is 0.184. The minimum Gasteiger partial charge on any atom is -0.496 e. The molecule has 0 radical (unpaired) electrons. The van der Waals surface area contributed by atoms with E-state index in [1.54, 1.807) is 18.3 Å². The van der Waals surface area contributed by atoms with Crippen molar-refractivity contribution in [2.75, 3.05) is 21.2 Å². The molecule has 1 aromatic heterocycles. The Kier molecular flexibility index (Phi) is 8.17. The summed E-state index contributed by atoms with van der Waals surface area (Å²) >= 11 is 0. The van der Waals surface area contributed by atoms with Gasteiger partial charge in [0.05, 0.1) is 19.1 Å². The van der Waals surface area contributed by atoms with Crippen molar-refractivity contribution in [3.05, 3.63) is 74.7 Å². The lowest BCUT2D eigenvalue weighted by Crippen LogP contribution is -2.18. The van der Waals surface area contributed by atoms with Crippen molar-refractivity contribution < 1.29 is 9.53 Å². The molecule has 33 heavy (non-hydrogen) atoms. The third-order valence-electron chi connectivity index (χ3n) is 5.37. The van der Waals surface area contributed by atoms with Gasteiger partial charge < -0.3 is 9.64 Å². The predicted molar refractivity (Wildman–Crippen MR) is 132 cm³/mol. The van der Waals surface area contributed by atoms with Crippen LogP contribution in [-0.4, -0.2) is 48.4 Å². The van der Waals surface area contributed by atoms with E-state index in [0.717, 1.165) is 35.2 Å². The molecule has 172 valence electrons. The van der Waals surface area contributed by atoms with Crippen molar-refractivity contribution in [2.24, 2.45) is 4.99 Å². The van der Waals surface area contributed by atoms with Crippen LogP contribution in [0.1, 0.15) is 48.6 Å². The molecule has 7 nitrogen and oxygen atoms in total. The van der Waals surface area contributed by atoms with Crippen molar-refractivity contribution in [3.63, 3.8) is 0 Å². The van der Waals surface area contributed by atoms with Crippen LogP contribution in [0.25, 0.3) is 5.57 Å². The Morgan fingerprint density at radius 1 is 1.33 bits per heavy atom. The molecular formula is C26H30N4O3. The number of aromatic nitrogens is 2. The third kappa shape index (κ3) is 5.96. The van der Waals surface area contributed by atoms with Gasteiger partial charge in [-0.15, -0.1) is 0 Å². The summed E-state index contributed by atoms with van der Waals surface area (Å²) in [5.74, 6) is 2.99. The zero-order chi connectivity index (χ0) is 23.8. The molecule has 0 saturated heterocycles. The number of hydrogen-bond donors (Lipinski definition) is 1. The van der Waals surface area contributed by atoms with Gasteiger partial charge in [-0.05, 0) is 30.0 Å². The molecule has 0 saturated carbocycles. The van der Waals surface area contributed by atoms with E-state index in [9.17, 15) is 9.59 Å². The summed E-state index contributed by atoms with van der Waals surface area (Å²) in [5, 5.41) is 0. The number of aromatic amines is 1. The number of carbonyl (C=O) groups excluding carboxylic acids is 1. The number of hydrogen-bond acceptors (Lipinski definition) is 5. The largest absolute Gasteiger partial charge is 0.496 e. The lowest BCUT2D eigenvalue weighted by Gasteiger charge is -2.16. The molecule has 1 aliphatic rings. The normalized spacial score (nSPS) is 13.2. The lowest BCUT2D eigenvalue weighted by atomic mass is 9.91. The quantitative estimate of drug-likeness (QED) is 0.357. The molecule has 0 bridgehead atoms. The fourth-order valence-electron chi connectivity index (χ4n) is 3.68. The van der Waals surface area contributed by atoms with Crippen LogP contribution < -0.4 is 10.3 Å². The molecule has 0 amide bonds. The Balaban J connectivity index is 1.98. The second-order valence-corrected chi connectivity index (χ2v) is 8.13. The molecule has 1 heterocycles. The van der Waals surface area contributed by atoms with Crippen LogP contribution in [-0.2, 0) is 17.6 Å². The summed E-state index contributed by atoms with van der Waals surface area (Å²) < 4.78 is 5.64. The molecule has 1 aromatic carbocycles. The lowest BCUT2D eigenvalue weighted by molar-refractivity contribution is 0.413. The number of benzene rings is 1. The average molecular weight is 447 g/mol. The SMILES string of the molecule is CCCCc1nc(N=CN(C)C)[nH]c(=O)c1Cc1ccc(C2=CC=CCC2=C=O)c(OC)c1. The van der Waals surface area contributed by atoms with Crippen molar-refractivity contribution in [1.82, 2.24) is 14.9 Å². The number of allylic oxidation sites excluding steroid dienone is 5. The van der Waals surface area contributed by atoms with Gasteiger partial charge in [0.2, 0.25) is 5.95 Å². The van der Waals surface area contributed by atoms with Crippen LogP contribution in [0, 0.1) is 0 Å². The number of H-pyrrole nitrogens is 1. The second-order valence-electron chi connectivity index (χ2n) is 8.13. The number of nitrogens with one attached hydrogen (secondary N) is 1. The highest BCUT2D eigenvalue weighted by Gasteiger charge is 2.17. The average Bonchev–Trinajstić information content (AvgIpc) is 2.82. The van der Waals surface area contributed by atoms with E-state index < -0.39 is 0 Å². The molecule has 0 spiro atoms. The Morgan fingerprint density at radius 3 is 2.85 bits per heavy atom. The van der Waals surface area contributed by atoms with E-state index in [0.29, 0.717) is 42.1 Å². The predicted octanol–water partition coefficient (Wildman–Crippen LogP) is 4.03. The van der Waals surface area contributed by atoms with E-state index in [-0.39, 0.29) is 5.56 Å². The molecule has 0 atom stereocenters.